The first-order chi connectivity index (χ1) is 8.56. The Balaban J connectivity index is 2.13. The lowest BCUT2D eigenvalue weighted by Crippen LogP contribution is -2.00. The molecule has 0 amide bonds. The van der Waals surface area contributed by atoms with E-state index in [2.05, 4.69) is 53.1 Å². The Bertz CT molecular complexity index is 532. The maximum absolute atomic E-state index is 5.86. The molecule has 2 aromatic rings. The Labute approximate surface area is 136 Å². The zero-order valence-electron chi connectivity index (χ0n) is 9.18. The highest BCUT2D eigenvalue weighted by Gasteiger charge is 2.06. The lowest BCUT2D eigenvalue weighted by atomic mass is 10.2. The van der Waals surface area contributed by atoms with Crippen LogP contribution in [0.25, 0.3) is 0 Å². The summed E-state index contributed by atoms with van der Waals surface area (Å²) in [6, 6.07) is 11.8. The van der Waals surface area contributed by atoms with Crippen LogP contribution < -0.4 is 5.32 Å². The minimum Gasteiger partial charge on any atom is -0.379 e. The van der Waals surface area contributed by atoms with Gasteiger partial charge in [0.25, 0.3) is 0 Å². The number of hydrogen-bond acceptors (Lipinski definition) is 1. The van der Waals surface area contributed by atoms with Crippen LogP contribution in [0.15, 0.2) is 49.8 Å². The van der Waals surface area contributed by atoms with Gasteiger partial charge in [0.15, 0.2) is 0 Å². The SMILES string of the molecule is Clc1ccc(CNc2c(Br)cc(Br)cc2Br)cc1. The largest absolute Gasteiger partial charge is 0.379 e. The molecular weight excluding hydrogens is 445 g/mol. The summed E-state index contributed by atoms with van der Waals surface area (Å²) in [6.07, 6.45) is 0. The maximum atomic E-state index is 5.86. The van der Waals surface area contributed by atoms with Crippen LogP contribution in [0.5, 0.6) is 0 Å². The van der Waals surface area contributed by atoms with Gasteiger partial charge in [-0.2, -0.15) is 0 Å². The van der Waals surface area contributed by atoms with Crippen molar-refractivity contribution in [3.05, 3.63) is 60.4 Å². The van der Waals surface area contributed by atoms with E-state index in [1.165, 1.54) is 5.56 Å². The molecule has 2 aromatic carbocycles. The van der Waals surface area contributed by atoms with Crippen molar-refractivity contribution < 1.29 is 0 Å². The van der Waals surface area contributed by atoms with E-state index in [1.54, 1.807) is 0 Å². The molecule has 2 rings (SSSR count). The molecule has 0 bridgehead atoms. The number of benzene rings is 2. The van der Waals surface area contributed by atoms with E-state index in [-0.39, 0.29) is 0 Å². The summed E-state index contributed by atoms with van der Waals surface area (Å²) >= 11 is 16.4. The Kier molecular flexibility index (Phi) is 5.13. The third kappa shape index (κ3) is 3.73. The smallest absolute Gasteiger partial charge is 0.0632 e. The van der Waals surface area contributed by atoms with Crippen LogP contribution in [0.4, 0.5) is 5.69 Å². The number of halogens is 4. The van der Waals surface area contributed by atoms with Gasteiger partial charge in [-0.1, -0.05) is 39.7 Å². The van der Waals surface area contributed by atoms with Gasteiger partial charge in [0.1, 0.15) is 0 Å². The van der Waals surface area contributed by atoms with E-state index >= 15 is 0 Å². The second-order valence-electron chi connectivity index (χ2n) is 3.72. The standard InChI is InChI=1S/C13H9Br3ClN/c14-9-5-11(15)13(12(16)6-9)18-7-8-1-3-10(17)4-2-8/h1-6,18H,7H2. The molecule has 0 aliphatic rings. The molecule has 0 fully saturated rings. The molecule has 0 heterocycles. The van der Waals surface area contributed by atoms with Gasteiger partial charge in [-0.05, 0) is 61.7 Å². The molecule has 0 saturated carbocycles. The van der Waals surface area contributed by atoms with E-state index in [9.17, 15) is 0 Å². The monoisotopic (exact) mass is 451 g/mol. The first-order valence-corrected chi connectivity index (χ1v) is 7.95. The van der Waals surface area contributed by atoms with E-state index in [0.717, 1.165) is 30.7 Å². The molecule has 0 aromatic heterocycles. The van der Waals surface area contributed by atoms with E-state index in [0.29, 0.717) is 0 Å². The van der Waals surface area contributed by atoms with Crippen molar-refractivity contribution in [1.82, 2.24) is 0 Å². The van der Waals surface area contributed by atoms with Crippen molar-refractivity contribution in [2.24, 2.45) is 0 Å². The highest BCUT2D eigenvalue weighted by atomic mass is 79.9. The van der Waals surface area contributed by atoms with Crippen molar-refractivity contribution in [3.8, 4) is 0 Å². The summed E-state index contributed by atoms with van der Waals surface area (Å²) in [5.41, 5.74) is 2.22. The Morgan fingerprint density at radius 3 is 2.06 bits per heavy atom. The summed E-state index contributed by atoms with van der Waals surface area (Å²) in [5, 5.41) is 4.14. The van der Waals surface area contributed by atoms with Gasteiger partial charge >= 0.3 is 0 Å². The normalized spacial score (nSPS) is 10.4. The number of rotatable bonds is 3. The predicted octanol–water partition coefficient (Wildman–Crippen LogP) is 6.24. The first kappa shape index (κ1) is 14.4. The molecule has 0 unspecified atom stereocenters. The van der Waals surface area contributed by atoms with Crippen LogP contribution >= 0.6 is 59.4 Å². The molecule has 0 aliphatic heterocycles. The molecule has 5 heteroatoms. The van der Waals surface area contributed by atoms with Gasteiger partial charge in [0.05, 0.1) is 5.69 Å². The Morgan fingerprint density at radius 1 is 0.944 bits per heavy atom. The minimum absolute atomic E-state index is 0.746. The van der Waals surface area contributed by atoms with Crippen LogP contribution in [0.1, 0.15) is 5.56 Å². The molecule has 1 nitrogen and oxygen atoms in total. The first-order valence-electron chi connectivity index (χ1n) is 5.19. The molecular formula is C13H9Br3ClN. The van der Waals surface area contributed by atoms with Crippen LogP contribution in [0.2, 0.25) is 5.02 Å². The van der Waals surface area contributed by atoms with E-state index in [1.807, 2.05) is 36.4 Å². The van der Waals surface area contributed by atoms with Gasteiger partial charge < -0.3 is 5.32 Å². The third-order valence-corrected chi connectivity index (χ3v) is 4.35. The predicted molar refractivity (Wildman–Crippen MR) is 88.3 cm³/mol. The summed E-state index contributed by atoms with van der Waals surface area (Å²) in [5.74, 6) is 0. The molecule has 0 aliphatic carbocycles. The zero-order chi connectivity index (χ0) is 13.1. The van der Waals surface area contributed by atoms with Gasteiger partial charge in [-0.25, -0.2) is 0 Å². The van der Waals surface area contributed by atoms with Crippen LogP contribution in [-0.2, 0) is 6.54 Å². The highest BCUT2D eigenvalue weighted by molar-refractivity contribution is 9.11. The Hall–Kier alpha value is -0.0300. The van der Waals surface area contributed by atoms with E-state index < -0.39 is 0 Å². The van der Waals surface area contributed by atoms with Gasteiger partial charge in [-0.15, -0.1) is 0 Å². The quantitative estimate of drug-likeness (QED) is 0.579. The van der Waals surface area contributed by atoms with Crippen molar-refractivity contribution in [3.63, 3.8) is 0 Å². The molecule has 0 atom stereocenters. The number of nitrogens with one attached hydrogen (secondary N) is 1. The molecule has 0 saturated heterocycles. The Morgan fingerprint density at radius 2 is 1.50 bits per heavy atom. The fourth-order valence-electron chi connectivity index (χ4n) is 1.50. The summed E-state index contributed by atoms with van der Waals surface area (Å²) < 4.78 is 3.05. The maximum Gasteiger partial charge on any atom is 0.0632 e. The van der Waals surface area contributed by atoms with Crippen molar-refractivity contribution in [2.75, 3.05) is 5.32 Å². The molecule has 0 radical (unpaired) electrons. The van der Waals surface area contributed by atoms with Crippen LogP contribution in [0.3, 0.4) is 0 Å². The van der Waals surface area contributed by atoms with Gasteiger partial charge in [0, 0.05) is 25.0 Å². The minimum atomic E-state index is 0.746. The van der Waals surface area contributed by atoms with Crippen molar-refractivity contribution in [1.29, 1.82) is 0 Å². The van der Waals surface area contributed by atoms with Gasteiger partial charge in [-0.3, -0.25) is 0 Å². The molecule has 0 spiro atoms. The third-order valence-electron chi connectivity index (χ3n) is 2.39. The fraction of sp³-hybridized carbons (Fsp3) is 0.0769. The summed E-state index contributed by atoms with van der Waals surface area (Å²) in [7, 11) is 0. The lowest BCUT2D eigenvalue weighted by molar-refractivity contribution is 1.14. The van der Waals surface area contributed by atoms with Crippen LogP contribution in [0, 0.1) is 0 Å². The topological polar surface area (TPSA) is 12.0 Å². The molecule has 18 heavy (non-hydrogen) atoms. The number of hydrogen-bond donors (Lipinski definition) is 1. The highest BCUT2D eigenvalue weighted by Crippen LogP contribution is 2.34. The summed E-state index contributed by atoms with van der Waals surface area (Å²) in [4.78, 5) is 0. The average Bonchev–Trinajstić information content (AvgIpc) is 2.30. The molecule has 1 N–H and O–H groups in total. The average molecular weight is 454 g/mol. The number of anilines is 1. The van der Waals surface area contributed by atoms with Crippen LogP contribution in [-0.4, -0.2) is 0 Å². The second kappa shape index (κ2) is 6.42. The van der Waals surface area contributed by atoms with Gasteiger partial charge in [0.2, 0.25) is 0 Å². The van der Waals surface area contributed by atoms with E-state index in [4.69, 9.17) is 11.6 Å². The van der Waals surface area contributed by atoms with Crippen molar-refractivity contribution in [2.45, 2.75) is 6.54 Å². The zero-order valence-corrected chi connectivity index (χ0v) is 14.7. The second-order valence-corrected chi connectivity index (χ2v) is 6.79. The lowest BCUT2D eigenvalue weighted by Gasteiger charge is -2.11. The summed E-state index contributed by atoms with van der Waals surface area (Å²) in [6.45, 7) is 0.746. The molecule has 94 valence electrons. The fourth-order valence-corrected chi connectivity index (χ4v) is 4.17. The van der Waals surface area contributed by atoms with Crippen molar-refractivity contribution >= 4 is 65.1 Å².